The number of hydrogen-bond donors (Lipinski definition) is 1. The van der Waals surface area contributed by atoms with Gasteiger partial charge in [0, 0.05) is 24.6 Å². The molecule has 0 saturated carbocycles. The summed E-state index contributed by atoms with van der Waals surface area (Å²) in [6.07, 6.45) is 0.642. The summed E-state index contributed by atoms with van der Waals surface area (Å²) in [6.45, 7) is 11.4. The van der Waals surface area contributed by atoms with Gasteiger partial charge in [-0.15, -0.1) is 0 Å². The van der Waals surface area contributed by atoms with Crippen molar-refractivity contribution in [1.82, 2.24) is 0 Å². The van der Waals surface area contributed by atoms with Crippen LogP contribution in [-0.2, 0) is 9.53 Å². The molecule has 0 heterocycles. The number of anilines is 1. The number of ether oxygens (including phenoxy) is 1. The molecule has 21 heavy (non-hydrogen) atoms. The van der Waals surface area contributed by atoms with Gasteiger partial charge in [-0.3, -0.25) is 0 Å². The Labute approximate surface area is 128 Å². The van der Waals surface area contributed by atoms with Crippen molar-refractivity contribution in [1.29, 1.82) is 0 Å². The molecule has 0 atom stereocenters. The van der Waals surface area contributed by atoms with Gasteiger partial charge in [-0.1, -0.05) is 25.8 Å². The minimum atomic E-state index is -0.449. The summed E-state index contributed by atoms with van der Waals surface area (Å²) in [5.74, 6) is 4.97. The third-order valence-electron chi connectivity index (χ3n) is 3.03. The molecule has 0 bridgehead atoms. The van der Waals surface area contributed by atoms with E-state index in [9.17, 15) is 4.79 Å². The maximum atomic E-state index is 11.2. The molecule has 0 radical (unpaired) electrons. The van der Waals surface area contributed by atoms with Crippen LogP contribution >= 0.6 is 0 Å². The van der Waals surface area contributed by atoms with Gasteiger partial charge >= 0.3 is 5.97 Å². The average Bonchev–Trinajstić information content (AvgIpc) is 2.35. The van der Waals surface area contributed by atoms with Crippen molar-refractivity contribution in [3.63, 3.8) is 0 Å². The van der Waals surface area contributed by atoms with Gasteiger partial charge in [-0.05, 0) is 49.4 Å². The molecule has 0 spiro atoms. The Bertz CT molecular complexity index is 530. The van der Waals surface area contributed by atoms with Gasteiger partial charge in [-0.2, -0.15) is 0 Å². The number of nitrogens with one attached hydrogen (secondary N) is 1. The first-order valence-corrected chi connectivity index (χ1v) is 7.30. The predicted molar refractivity (Wildman–Crippen MR) is 87.2 cm³/mol. The van der Waals surface area contributed by atoms with Crippen LogP contribution in [0.1, 0.15) is 38.3 Å². The highest BCUT2D eigenvalue weighted by Crippen LogP contribution is 2.21. The summed E-state index contributed by atoms with van der Waals surface area (Å²) in [6, 6.07) is 6.42. The van der Waals surface area contributed by atoms with Crippen LogP contribution < -0.4 is 5.32 Å². The largest absolute Gasteiger partial charge is 0.456 e. The van der Waals surface area contributed by atoms with E-state index in [4.69, 9.17) is 4.74 Å². The lowest BCUT2D eigenvalue weighted by molar-refractivity contribution is -0.136. The SMILES string of the molecule is CCOC(=O)C#CCC(C)(C)CNc1cc(C)cc(C)c1. The van der Waals surface area contributed by atoms with Crippen LogP contribution in [0.3, 0.4) is 0 Å². The maximum absolute atomic E-state index is 11.2. The average molecular weight is 287 g/mol. The predicted octanol–water partition coefficient (Wildman–Crippen LogP) is 3.70. The summed E-state index contributed by atoms with van der Waals surface area (Å²) in [5, 5.41) is 3.45. The Kier molecular flexibility index (Phi) is 6.30. The van der Waals surface area contributed by atoms with E-state index in [1.54, 1.807) is 6.92 Å². The summed E-state index contributed by atoms with van der Waals surface area (Å²) in [7, 11) is 0. The molecule has 3 nitrogen and oxygen atoms in total. The van der Waals surface area contributed by atoms with Crippen molar-refractivity contribution in [3.8, 4) is 11.8 Å². The van der Waals surface area contributed by atoms with E-state index in [-0.39, 0.29) is 5.41 Å². The van der Waals surface area contributed by atoms with E-state index in [2.05, 4.69) is 63.1 Å². The second-order valence-electron chi connectivity index (χ2n) is 6.09. The van der Waals surface area contributed by atoms with Crippen molar-refractivity contribution in [2.24, 2.45) is 5.41 Å². The minimum Gasteiger partial charge on any atom is -0.456 e. The zero-order chi connectivity index (χ0) is 15.9. The number of esters is 1. The molecule has 0 aliphatic carbocycles. The standard InChI is InChI=1S/C18H25NO2/c1-6-21-17(20)8-7-9-18(4,5)13-19-16-11-14(2)10-15(3)12-16/h10-12,19H,6,9,13H2,1-5H3. The molecule has 1 aromatic rings. The first kappa shape index (κ1) is 17.1. The van der Waals surface area contributed by atoms with E-state index in [0.29, 0.717) is 13.0 Å². The number of rotatable bonds is 5. The highest BCUT2D eigenvalue weighted by molar-refractivity contribution is 5.88. The molecular formula is C18H25NO2. The van der Waals surface area contributed by atoms with Crippen LogP contribution in [0.15, 0.2) is 18.2 Å². The van der Waals surface area contributed by atoms with Crippen LogP contribution in [-0.4, -0.2) is 19.1 Å². The summed E-state index contributed by atoms with van der Waals surface area (Å²) in [4.78, 5) is 11.2. The first-order chi connectivity index (χ1) is 9.82. The number of benzene rings is 1. The third kappa shape index (κ3) is 6.85. The monoisotopic (exact) mass is 287 g/mol. The Balaban J connectivity index is 2.54. The van der Waals surface area contributed by atoms with Crippen molar-refractivity contribution in [3.05, 3.63) is 29.3 Å². The smallest absolute Gasteiger partial charge is 0.384 e. The lowest BCUT2D eigenvalue weighted by Gasteiger charge is -2.23. The topological polar surface area (TPSA) is 38.3 Å². The van der Waals surface area contributed by atoms with Crippen LogP contribution in [0.4, 0.5) is 5.69 Å². The molecule has 1 rings (SSSR count). The third-order valence-corrected chi connectivity index (χ3v) is 3.03. The van der Waals surface area contributed by atoms with Gasteiger partial charge in [0.2, 0.25) is 0 Å². The molecule has 114 valence electrons. The van der Waals surface area contributed by atoms with Crippen LogP contribution in [0.2, 0.25) is 0 Å². The highest BCUT2D eigenvalue weighted by atomic mass is 16.5. The molecule has 3 heteroatoms. The Morgan fingerprint density at radius 3 is 2.43 bits per heavy atom. The van der Waals surface area contributed by atoms with Gasteiger partial charge < -0.3 is 10.1 Å². The fourth-order valence-corrected chi connectivity index (χ4v) is 2.00. The fraction of sp³-hybridized carbons (Fsp3) is 0.500. The lowest BCUT2D eigenvalue weighted by Crippen LogP contribution is -2.22. The Hall–Kier alpha value is -1.95. The second kappa shape index (κ2) is 7.73. The normalized spacial score (nSPS) is 10.5. The summed E-state index contributed by atoms with van der Waals surface area (Å²) in [5.41, 5.74) is 3.60. The van der Waals surface area contributed by atoms with Gasteiger partial charge in [0.15, 0.2) is 0 Å². The Morgan fingerprint density at radius 2 is 1.86 bits per heavy atom. The summed E-state index contributed by atoms with van der Waals surface area (Å²) >= 11 is 0. The van der Waals surface area contributed by atoms with Crippen LogP contribution in [0.25, 0.3) is 0 Å². The number of aryl methyl sites for hydroxylation is 2. The molecule has 0 saturated heterocycles. The quantitative estimate of drug-likeness (QED) is 0.510. The molecule has 0 aliphatic heterocycles. The molecule has 1 N–H and O–H groups in total. The van der Waals surface area contributed by atoms with Gasteiger partial charge in [-0.25, -0.2) is 4.79 Å². The highest BCUT2D eigenvalue weighted by Gasteiger charge is 2.16. The number of carbonyl (C=O) groups is 1. The fourth-order valence-electron chi connectivity index (χ4n) is 2.00. The number of carbonyl (C=O) groups excluding carboxylic acids is 1. The molecule has 0 aliphatic rings. The Morgan fingerprint density at radius 1 is 1.24 bits per heavy atom. The van der Waals surface area contributed by atoms with Crippen molar-refractivity contribution in [2.45, 2.75) is 41.0 Å². The summed E-state index contributed by atoms with van der Waals surface area (Å²) < 4.78 is 4.78. The second-order valence-corrected chi connectivity index (χ2v) is 6.09. The minimum absolute atomic E-state index is 0.0167. The van der Waals surface area contributed by atoms with E-state index in [0.717, 1.165) is 12.2 Å². The molecular weight excluding hydrogens is 262 g/mol. The lowest BCUT2D eigenvalue weighted by atomic mass is 9.89. The van der Waals surface area contributed by atoms with Crippen molar-refractivity contribution < 1.29 is 9.53 Å². The zero-order valence-corrected chi connectivity index (χ0v) is 13.7. The zero-order valence-electron chi connectivity index (χ0n) is 13.7. The van der Waals surface area contributed by atoms with Crippen molar-refractivity contribution in [2.75, 3.05) is 18.5 Å². The molecule has 0 amide bonds. The van der Waals surface area contributed by atoms with E-state index in [1.165, 1.54) is 11.1 Å². The van der Waals surface area contributed by atoms with Crippen LogP contribution in [0, 0.1) is 31.1 Å². The van der Waals surface area contributed by atoms with Crippen LogP contribution in [0.5, 0.6) is 0 Å². The van der Waals surface area contributed by atoms with E-state index >= 15 is 0 Å². The number of hydrogen-bond acceptors (Lipinski definition) is 3. The molecule has 1 aromatic carbocycles. The van der Waals surface area contributed by atoms with Crippen molar-refractivity contribution >= 4 is 11.7 Å². The maximum Gasteiger partial charge on any atom is 0.384 e. The molecule has 0 unspecified atom stereocenters. The molecule has 0 aromatic heterocycles. The molecule has 0 fully saturated rings. The van der Waals surface area contributed by atoms with E-state index in [1.807, 2.05) is 0 Å². The van der Waals surface area contributed by atoms with Gasteiger partial charge in [0.05, 0.1) is 6.61 Å². The van der Waals surface area contributed by atoms with Gasteiger partial charge in [0.1, 0.15) is 0 Å². The van der Waals surface area contributed by atoms with E-state index < -0.39 is 5.97 Å². The van der Waals surface area contributed by atoms with Gasteiger partial charge in [0.25, 0.3) is 0 Å². The first-order valence-electron chi connectivity index (χ1n) is 7.30.